The number of alkyl halides is 1. The lowest BCUT2D eigenvalue weighted by Crippen LogP contribution is -2.07. The van der Waals surface area contributed by atoms with Crippen molar-refractivity contribution < 1.29 is 9.90 Å². The number of carbonyl (C=O) groups is 1. The number of aliphatic hydroxyl groups excluding tert-OH is 1. The van der Waals surface area contributed by atoms with Crippen LogP contribution in [-0.2, 0) is 11.4 Å². The summed E-state index contributed by atoms with van der Waals surface area (Å²) >= 11 is 5.97. The molecule has 14 heavy (non-hydrogen) atoms. The molecule has 0 aliphatic carbocycles. The van der Waals surface area contributed by atoms with Gasteiger partial charge >= 0.3 is 0 Å². The van der Waals surface area contributed by atoms with Gasteiger partial charge in [0.05, 0.1) is 6.61 Å². The minimum Gasteiger partial charge on any atom is -0.392 e. The second-order valence-electron chi connectivity index (χ2n) is 3.28. The summed E-state index contributed by atoms with van der Waals surface area (Å²) < 4.78 is 0. The molecule has 2 nitrogen and oxygen atoms in total. The Morgan fingerprint density at radius 1 is 1.57 bits per heavy atom. The first-order chi connectivity index (χ1) is 6.57. The van der Waals surface area contributed by atoms with Crippen LogP contribution in [0.25, 0.3) is 0 Å². The topological polar surface area (TPSA) is 37.3 Å². The van der Waals surface area contributed by atoms with Gasteiger partial charge < -0.3 is 5.11 Å². The van der Waals surface area contributed by atoms with Crippen molar-refractivity contribution in [1.29, 1.82) is 0 Å². The van der Waals surface area contributed by atoms with Gasteiger partial charge in [-0.05, 0) is 30.5 Å². The summed E-state index contributed by atoms with van der Waals surface area (Å²) in [5.74, 6) is -0.101. The second-order valence-corrected chi connectivity index (χ2v) is 3.72. The highest BCUT2D eigenvalue weighted by Gasteiger charge is 2.18. The Hall–Kier alpha value is -0.860. The minimum absolute atomic E-state index is 0.0898. The molecule has 3 heteroatoms. The predicted octanol–water partition coefficient (Wildman–Crippen LogP) is 2.36. The van der Waals surface area contributed by atoms with E-state index in [2.05, 4.69) is 0 Å². The Bertz CT molecular complexity index is 347. The molecule has 1 aromatic rings. The molecule has 0 spiro atoms. The Morgan fingerprint density at radius 2 is 2.21 bits per heavy atom. The average molecular weight is 213 g/mol. The number of aliphatic hydroxyl groups is 1. The second kappa shape index (κ2) is 4.58. The maximum atomic E-state index is 11.2. The Morgan fingerprint density at radius 3 is 2.71 bits per heavy atom. The van der Waals surface area contributed by atoms with E-state index in [1.807, 2.05) is 19.1 Å². The molecule has 0 saturated carbocycles. The summed E-state index contributed by atoms with van der Waals surface area (Å²) in [6.45, 7) is 3.24. The summed E-state index contributed by atoms with van der Waals surface area (Å²) in [5.41, 5.74) is 2.40. The first kappa shape index (κ1) is 11.2. The quantitative estimate of drug-likeness (QED) is 0.781. The molecule has 0 aliphatic rings. The van der Waals surface area contributed by atoms with Crippen LogP contribution in [0.4, 0.5) is 0 Å². The minimum atomic E-state index is -0.654. The fraction of sp³-hybridized carbons (Fsp3) is 0.364. The summed E-state index contributed by atoms with van der Waals surface area (Å²) in [4.78, 5) is 11.2. The number of ketones is 1. The third-order valence-corrected chi connectivity index (χ3v) is 2.72. The molecular formula is C11H13ClO2. The molecule has 0 bridgehead atoms. The molecule has 0 heterocycles. The molecule has 0 fully saturated rings. The van der Waals surface area contributed by atoms with E-state index in [9.17, 15) is 4.79 Å². The summed E-state index contributed by atoms with van der Waals surface area (Å²) in [6.07, 6.45) is 0. The number of halogens is 1. The molecule has 1 unspecified atom stereocenters. The van der Waals surface area contributed by atoms with E-state index in [0.29, 0.717) is 0 Å². The SMILES string of the molecule is CC(=O)C(Cl)c1c(C)cccc1CO. The fourth-order valence-electron chi connectivity index (χ4n) is 1.45. The van der Waals surface area contributed by atoms with Gasteiger partial charge in [-0.2, -0.15) is 0 Å². The normalized spacial score (nSPS) is 12.6. The van der Waals surface area contributed by atoms with Gasteiger partial charge in [0.1, 0.15) is 5.38 Å². The largest absolute Gasteiger partial charge is 0.392 e. The van der Waals surface area contributed by atoms with E-state index >= 15 is 0 Å². The van der Waals surface area contributed by atoms with Crippen molar-refractivity contribution in [2.24, 2.45) is 0 Å². The zero-order valence-electron chi connectivity index (χ0n) is 8.25. The van der Waals surface area contributed by atoms with Crippen LogP contribution in [0.1, 0.15) is 29.0 Å². The number of Topliss-reactive ketones (excluding diaryl/α,β-unsaturated/α-hetero) is 1. The number of aryl methyl sites for hydroxylation is 1. The van der Waals surface area contributed by atoms with Gasteiger partial charge in [-0.25, -0.2) is 0 Å². The molecule has 0 amide bonds. The van der Waals surface area contributed by atoms with Gasteiger partial charge in [-0.15, -0.1) is 11.6 Å². The molecule has 1 rings (SSSR count). The maximum absolute atomic E-state index is 11.2. The molecule has 0 radical (unpaired) electrons. The average Bonchev–Trinajstić information content (AvgIpc) is 2.16. The Labute approximate surface area is 88.5 Å². The van der Waals surface area contributed by atoms with Crippen LogP contribution in [0.2, 0.25) is 0 Å². The number of benzene rings is 1. The first-order valence-corrected chi connectivity index (χ1v) is 4.85. The molecule has 0 aromatic heterocycles. The highest BCUT2D eigenvalue weighted by Crippen LogP contribution is 2.28. The molecular weight excluding hydrogens is 200 g/mol. The van der Waals surface area contributed by atoms with E-state index in [1.165, 1.54) is 6.92 Å². The molecule has 76 valence electrons. The molecule has 0 aliphatic heterocycles. The standard InChI is InChI=1S/C11H13ClO2/c1-7-4-3-5-9(6-13)10(7)11(12)8(2)14/h3-5,11,13H,6H2,1-2H3. The first-order valence-electron chi connectivity index (χ1n) is 4.41. The maximum Gasteiger partial charge on any atom is 0.152 e. The van der Waals surface area contributed by atoms with Gasteiger partial charge in [0, 0.05) is 0 Å². The molecule has 0 saturated heterocycles. The summed E-state index contributed by atoms with van der Waals surface area (Å²) in [7, 11) is 0. The molecule has 1 atom stereocenters. The van der Waals surface area contributed by atoms with E-state index in [0.717, 1.165) is 16.7 Å². The van der Waals surface area contributed by atoms with Crippen molar-refractivity contribution in [3.05, 3.63) is 34.9 Å². The highest BCUT2D eigenvalue weighted by atomic mass is 35.5. The van der Waals surface area contributed by atoms with Crippen molar-refractivity contribution >= 4 is 17.4 Å². The van der Waals surface area contributed by atoms with E-state index in [4.69, 9.17) is 16.7 Å². The van der Waals surface area contributed by atoms with Crippen molar-refractivity contribution in [1.82, 2.24) is 0 Å². The monoisotopic (exact) mass is 212 g/mol. The third kappa shape index (κ3) is 2.14. The molecule has 1 aromatic carbocycles. The zero-order valence-corrected chi connectivity index (χ0v) is 9.01. The number of carbonyl (C=O) groups excluding carboxylic acids is 1. The Balaban J connectivity index is 3.23. The van der Waals surface area contributed by atoms with Gasteiger partial charge in [0.25, 0.3) is 0 Å². The fourth-order valence-corrected chi connectivity index (χ4v) is 1.76. The molecule has 1 N–H and O–H groups in total. The zero-order chi connectivity index (χ0) is 10.7. The smallest absolute Gasteiger partial charge is 0.152 e. The predicted molar refractivity (Wildman–Crippen MR) is 56.4 cm³/mol. The van der Waals surface area contributed by atoms with E-state index < -0.39 is 5.38 Å². The van der Waals surface area contributed by atoms with Crippen molar-refractivity contribution in [2.75, 3.05) is 0 Å². The van der Waals surface area contributed by atoms with Gasteiger partial charge in [0.2, 0.25) is 0 Å². The van der Waals surface area contributed by atoms with Gasteiger partial charge in [-0.3, -0.25) is 4.79 Å². The van der Waals surface area contributed by atoms with Gasteiger partial charge in [0.15, 0.2) is 5.78 Å². The summed E-state index contributed by atoms with van der Waals surface area (Å²) in [5, 5.41) is 8.45. The van der Waals surface area contributed by atoms with E-state index in [1.54, 1.807) is 6.07 Å². The van der Waals surface area contributed by atoms with Crippen LogP contribution >= 0.6 is 11.6 Å². The van der Waals surface area contributed by atoms with Crippen LogP contribution in [0, 0.1) is 6.92 Å². The van der Waals surface area contributed by atoms with Crippen LogP contribution in [-0.4, -0.2) is 10.9 Å². The lowest BCUT2D eigenvalue weighted by atomic mass is 9.97. The van der Waals surface area contributed by atoms with Crippen LogP contribution in [0.15, 0.2) is 18.2 Å². The van der Waals surface area contributed by atoms with Crippen molar-refractivity contribution in [3.8, 4) is 0 Å². The number of rotatable bonds is 3. The number of hydrogen-bond donors (Lipinski definition) is 1. The number of hydrogen-bond acceptors (Lipinski definition) is 2. The third-order valence-electron chi connectivity index (χ3n) is 2.20. The van der Waals surface area contributed by atoms with Crippen molar-refractivity contribution in [3.63, 3.8) is 0 Å². The van der Waals surface area contributed by atoms with Crippen LogP contribution in [0.3, 0.4) is 0 Å². The van der Waals surface area contributed by atoms with Crippen LogP contribution in [0.5, 0.6) is 0 Å². The van der Waals surface area contributed by atoms with E-state index in [-0.39, 0.29) is 12.4 Å². The van der Waals surface area contributed by atoms with Gasteiger partial charge in [-0.1, -0.05) is 18.2 Å². The van der Waals surface area contributed by atoms with Crippen LogP contribution < -0.4 is 0 Å². The Kier molecular flexibility index (Phi) is 3.67. The lowest BCUT2D eigenvalue weighted by molar-refractivity contribution is -0.116. The summed E-state index contributed by atoms with van der Waals surface area (Å²) in [6, 6.07) is 5.50. The van der Waals surface area contributed by atoms with Crippen molar-refractivity contribution in [2.45, 2.75) is 25.8 Å². The lowest BCUT2D eigenvalue weighted by Gasteiger charge is -2.13. The highest BCUT2D eigenvalue weighted by molar-refractivity contribution is 6.31.